The van der Waals surface area contributed by atoms with Gasteiger partial charge in [-0.3, -0.25) is 14.8 Å². The van der Waals surface area contributed by atoms with Gasteiger partial charge < -0.3 is 10.2 Å². The molecule has 19 heavy (non-hydrogen) atoms. The van der Waals surface area contributed by atoms with Gasteiger partial charge in [0.1, 0.15) is 11.9 Å². The number of carbonyl (C=O) groups is 1. The van der Waals surface area contributed by atoms with Crippen molar-refractivity contribution in [1.29, 1.82) is 0 Å². The minimum atomic E-state index is -0.185. The smallest absolute Gasteiger partial charge is 0.252 e. The Morgan fingerprint density at radius 2 is 2.21 bits per heavy atom. The van der Waals surface area contributed by atoms with Crippen LogP contribution < -0.4 is 5.32 Å². The Morgan fingerprint density at radius 1 is 1.37 bits per heavy atom. The maximum atomic E-state index is 11.6. The lowest BCUT2D eigenvalue weighted by molar-refractivity contribution is -0.126. The Morgan fingerprint density at radius 3 is 2.84 bits per heavy atom. The number of amidine groups is 2. The Hall–Kier alpha value is -1.39. The highest BCUT2D eigenvalue weighted by molar-refractivity contribution is 6.05. The summed E-state index contributed by atoms with van der Waals surface area (Å²) in [6.07, 6.45) is 6.62. The molecule has 2 rings (SSSR count). The molecule has 0 unspecified atom stereocenters. The van der Waals surface area contributed by atoms with Crippen LogP contribution in [0, 0.1) is 0 Å². The molecular weight excluding hydrogens is 240 g/mol. The van der Waals surface area contributed by atoms with Crippen molar-refractivity contribution in [2.24, 2.45) is 9.98 Å². The van der Waals surface area contributed by atoms with Crippen LogP contribution in [0.1, 0.15) is 45.4 Å². The second kappa shape index (κ2) is 6.68. The molecule has 0 saturated carbocycles. The normalized spacial score (nSPS) is 23.4. The summed E-state index contributed by atoms with van der Waals surface area (Å²) >= 11 is 0. The van der Waals surface area contributed by atoms with Crippen LogP contribution in [0.4, 0.5) is 0 Å². The molecule has 0 aromatic heterocycles. The summed E-state index contributed by atoms with van der Waals surface area (Å²) in [6.45, 7) is 3.80. The molecule has 0 spiro atoms. The molecule has 0 bridgehead atoms. The molecule has 2 aliphatic rings. The van der Waals surface area contributed by atoms with Crippen LogP contribution in [0.15, 0.2) is 9.98 Å². The summed E-state index contributed by atoms with van der Waals surface area (Å²) in [6, 6.07) is -0.185. The molecule has 106 valence electrons. The molecule has 5 heteroatoms. The standard InChI is InChI=1S/C14H24N4O/c1-11-14(19)18(2)13(17-11)8-4-6-10-16-12-7-3-5-9-15-12/h11H,3-10H2,1-2H3,(H,15,16)/t11-/m1/s1. The summed E-state index contributed by atoms with van der Waals surface area (Å²) in [5.41, 5.74) is 0. The van der Waals surface area contributed by atoms with Crippen molar-refractivity contribution in [1.82, 2.24) is 10.2 Å². The minimum absolute atomic E-state index is 0.115. The van der Waals surface area contributed by atoms with Crippen molar-refractivity contribution in [3.8, 4) is 0 Å². The lowest BCUT2D eigenvalue weighted by Crippen LogP contribution is -2.30. The SMILES string of the molecule is C[C@H]1N=C(CCCCNC2=NCCCC2)N(C)C1=O. The van der Waals surface area contributed by atoms with Crippen LogP contribution in [0.25, 0.3) is 0 Å². The second-order valence-electron chi connectivity index (χ2n) is 5.29. The van der Waals surface area contributed by atoms with Crippen LogP contribution in [0.5, 0.6) is 0 Å². The van der Waals surface area contributed by atoms with E-state index < -0.39 is 0 Å². The highest BCUT2D eigenvalue weighted by atomic mass is 16.2. The highest BCUT2D eigenvalue weighted by Crippen LogP contribution is 2.12. The van der Waals surface area contributed by atoms with E-state index in [4.69, 9.17) is 0 Å². The maximum absolute atomic E-state index is 11.6. The van der Waals surface area contributed by atoms with Gasteiger partial charge in [-0.15, -0.1) is 0 Å². The maximum Gasteiger partial charge on any atom is 0.252 e. The number of amides is 1. The molecule has 2 heterocycles. The third-order valence-corrected chi connectivity index (χ3v) is 3.70. The van der Waals surface area contributed by atoms with Gasteiger partial charge in [-0.1, -0.05) is 0 Å². The fourth-order valence-corrected chi connectivity index (χ4v) is 2.49. The lowest BCUT2D eigenvalue weighted by Gasteiger charge is -2.14. The fourth-order valence-electron chi connectivity index (χ4n) is 2.49. The van der Waals surface area contributed by atoms with Crippen molar-refractivity contribution in [3.63, 3.8) is 0 Å². The molecular formula is C14H24N4O. The van der Waals surface area contributed by atoms with Crippen molar-refractivity contribution in [3.05, 3.63) is 0 Å². The van der Waals surface area contributed by atoms with Gasteiger partial charge in [0.15, 0.2) is 0 Å². The molecule has 1 N–H and O–H groups in total. The lowest BCUT2D eigenvalue weighted by atomic mass is 10.1. The van der Waals surface area contributed by atoms with E-state index in [1.165, 1.54) is 18.7 Å². The zero-order chi connectivity index (χ0) is 13.7. The number of hydrogen-bond acceptors (Lipinski definition) is 4. The molecule has 0 saturated heterocycles. The molecule has 0 aromatic carbocycles. The molecule has 0 aromatic rings. The van der Waals surface area contributed by atoms with Crippen molar-refractivity contribution >= 4 is 17.6 Å². The predicted molar refractivity (Wildman–Crippen MR) is 77.7 cm³/mol. The van der Waals surface area contributed by atoms with Gasteiger partial charge in [0.2, 0.25) is 0 Å². The van der Waals surface area contributed by atoms with Crippen molar-refractivity contribution in [2.75, 3.05) is 20.1 Å². The van der Waals surface area contributed by atoms with Crippen LogP contribution >= 0.6 is 0 Å². The number of unbranched alkanes of at least 4 members (excludes halogenated alkanes) is 1. The first-order valence-electron chi connectivity index (χ1n) is 7.30. The van der Waals surface area contributed by atoms with Crippen LogP contribution in [-0.4, -0.2) is 48.7 Å². The largest absolute Gasteiger partial charge is 0.374 e. The van der Waals surface area contributed by atoms with E-state index in [9.17, 15) is 4.79 Å². The van der Waals surface area contributed by atoms with E-state index in [-0.39, 0.29) is 11.9 Å². The monoisotopic (exact) mass is 264 g/mol. The van der Waals surface area contributed by atoms with E-state index in [1.54, 1.807) is 4.90 Å². The van der Waals surface area contributed by atoms with Gasteiger partial charge in [-0.2, -0.15) is 0 Å². The number of carbonyl (C=O) groups excluding carboxylic acids is 1. The highest BCUT2D eigenvalue weighted by Gasteiger charge is 2.27. The molecule has 1 amide bonds. The Balaban J connectivity index is 1.61. The third kappa shape index (κ3) is 3.78. The zero-order valence-corrected chi connectivity index (χ0v) is 12.0. The Labute approximate surface area is 115 Å². The molecule has 0 fully saturated rings. The number of likely N-dealkylation sites (N-methyl/N-ethyl adjacent to an activating group) is 1. The van der Waals surface area contributed by atoms with E-state index in [1.807, 2.05) is 14.0 Å². The summed E-state index contributed by atoms with van der Waals surface area (Å²) in [4.78, 5) is 22.1. The Bertz CT molecular complexity index is 389. The molecule has 0 radical (unpaired) electrons. The van der Waals surface area contributed by atoms with Crippen LogP contribution in [0.2, 0.25) is 0 Å². The average molecular weight is 264 g/mol. The number of rotatable bonds is 5. The first-order chi connectivity index (χ1) is 9.18. The van der Waals surface area contributed by atoms with Gasteiger partial charge >= 0.3 is 0 Å². The summed E-state index contributed by atoms with van der Waals surface area (Å²) in [5.74, 6) is 2.22. The first kappa shape index (κ1) is 14.0. The third-order valence-electron chi connectivity index (χ3n) is 3.70. The topological polar surface area (TPSA) is 57.1 Å². The first-order valence-corrected chi connectivity index (χ1v) is 7.30. The quantitative estimate of drug-likeness (QED) is 0.767. The van der Waals surface area contributed by atoms with Crippen molar-refractivity contribution in [2.45, 2.75) is 51.5 Å². The van der Waals surface area contributed by atoms with E-state index in [0.29, 0.717) is 0 Å². The Kier molecular flexibility index (Phi) is 4.93. The van der Waals surface area contributed by atoms with Gasteiger partial charge in [0.05, 0.1) is 5.84 Å². The summed E-state index contributed by atoms with van der Waals surface area (Å²) in [5, 5.41) is 3.41. The molecule has 1 atom stereocenters. The average Bonchev–Trinajstić information content (AvgIpc) is 2.67. The zero-order valence-electron chi connectivity index (χ0n) is 12.0. The van der Waals surface area contributed by atoms with E-state index in [0.717, 1.165) is 44.6 Å². The van der Waals surface area contributed by atoms with Gasteiger partial charge in [-0.05, 0) is 32.6 Å². The van der Waals surface area contributed by atoms with Crippen LogP contribution in [0.3, 0.4) is 0 Å². The number of hydrogen-bond donors (Lipinski definition) is 1. The van der Waals surface area contributed by atoms with Crippen molar-refractivity contribution < 1.29 is 4.79 Å². The number of aliphatic imine (C=N–C) groups is 2. The van der Waals surface area contributed by atoms with Gasteiger partial charge in [0, 0.05) is 33.0 Å². The number of nitrogens with one attached hydrogen (secondary N) is 1. The van der Waals surface area contributed by atoms with E-state index in [2.05, 4.69) is 15.3 Å². The fraction of sp³-hybridized carbons (Fsp3) is 0.786. The molecule has 0 aliphatic carbocycles. The molecule has 2 aliphatic heterocycles. The van der Waals surface area contributed by atoms with Crippen LogP contribution in [-0.2, 0) is 4.79 Å². The van der Waals surface area contributed by atoms with Gasteiger partial charge in [0.25, 0.3) is 5.91 Å². The minimum Gasteiger partial charge on any atom is -0.374 e. The molecule has 5 nitrogen and oxygen atoms in total. The van der Waals surface area contributed by atoms with Gasteiger partial charge in [-0.25, -0.2) is 0 Å². The number of nitrogens with zero attached hydrogens (tertiary/aromatic N) is 3. The second-order valence-corrected chi connectivity index (χ2v) is 5.29. The summed E-state index contributed by atoms with van der Waals surface area (Å²) in [7, 11) is 1.82. The summed E-state index contributed by atoms with van der Waals surface area (Å²) < 4.78 is 0. The predicted octanol–water partition coefficient (Wildman–Crippen LogP) is 1.59. The van der Waals surface area contributed by atoms with E-state index >= 15 is 0 Å².